The first kappa shape index (κ1) is 17.5. The Kier molecular flexibility index (Phi) is 8.19. The van der Waals surface area contributed by atoms with E-state index in [1.54, 1.807) is 0 Å². The zero-order chi connectivity index (χ0) is 13.5. The molecule has 1 amide bonds. The minimum Gasteiger partial charge on any atom is -0.343 e. The molecule has 0 aliphatic carbocycles. The van der Waals surface area contributed by atoms with Crippen LogP contribution >= 0.6 is 23.7 Å². The topological polar surface area (TPSA) is 46.3 Å². The van der Waals surface area contributed by atoms with E-state index in [1.807, 2.05) is 16.2 Å². The number of hydrogen-bond donors (Lipinski definition) is 1. The lowest BCUT2D eigenvalue weighted by Crippen LogP contribution is -2.42. The summed E-state index contributed by atoms with van der Waals surface area (Å²) in [6, 6.07) is 4.59. The van der Waals surface area contributed by atoms with Crippen molar-refractivity contribution in [2.75, 3.05) is 13.1 Å². The summed E-state index contributed by atoms with van der Waals surface area (Å²) in [5.41, 5.74) is 5.85. The van der Waals surface area contributed by atoms with Crippen molar-refractivity contribution >= 4 is 29.7 Å². The molecule has 0 radical (unpaired) electrons. The Balaban J connectivity index is 0.00000200. The summed E-state index contributed by atoms with van der Waals surface area (Å²) in [5, 5.41) is 2.12. The van der Waals surface area contributed by atoms with Crippen molar-refractivity contribution in [1.82, 2.24) is 4.90 Å². The Bertz CT molecular complexity index is 375. The molecule has 20 heavy (non-hydrogen) atoms. The monoisotopic (exact) mass is 316 g/mol. The van der Waals surface area contributed by atoms with Gasteiger partial charge >= 0.3 is 0 Å². The summed E-state index contributed by atoms with van der Waals surface area (Å²) in [7, 11) is 0. The van der Waals surface area contributed by atoms with Crippen LogP contribution in [0.15, 0.2) is 17.5 Å². The fourth-order valence-electron chi connectivity index (χ4n) is 2.51. The predicted molar refractivity (Wildman–Crippen MR) is 87.5 cm³/mol. The average Bonchev–Trinajstić information content (AvgIpc) is 2.92. The number of halogens is 1. The lowest BCUT2D eigenvalue weighted by molar-refractivity contribution is -0.132. The summed E-state index contributed by atoms with van der Waals surface area (Å²) >= 11 is 1.82. The highest BCUT2D eigenvalue weighted by molar-refractivity contribution is 7.09. The molecular formula is C15H25ClN2OS. The third-order valence-electron chi connectivity index (χ3n) is 3.79. The maximum Gasteiger partial charge on any atom is 0.222 e. The lowest BCUT2D eigenvalue weighted by atomic mass is 10.0. The van der Waals surface area contributed by atoms with Gasteiger partial charge in [-0.15, -0.1) is 23.7 Å². The van der Waals surface area contributed by atoms with E-state index in [0.717, 1.165) is 45.2 Å². The zero-order valence-electron chi connectivity index (χ0n) is 11.9. The van der Waals surface area contributed by atoms with Gasteiger partial charge in [0.2, 0.25) is 5.91 Å². The molecule has 0 saturated carbocycles. The van der Waals surface area contributed by atoms with Crippen LogP contribution < -0.4 is 5.73 Å². The van der Waals surface area contributed by atoms with Gasteiger partial charge in [0, 0.05) is 30.4 Å². The maximum atomic E-state index is 12.0. The van der Waals surface area contributed by atoms with Crippen LogP contribution in [0.3, 0.4) is 0 Å². The molecule has 3 nitrogen and oxygen atoms in total. The third-order valence-corrected chi connectivity index (χ3v) is 4.72. The molecule has 0 bridgehead atoms. The largest absolute Gasteiger partial charge is 0.343 e. The van der Waals surface area contributed by atoms with Crippen LogP contribution in [0, 0.1) is 0 Å². The lowest BCUT2D eigenvalue weighted by Gasteiger charge is -2.30. The van der Waals surface area contributed by atoms with Crippen LogP contribution in [0.5, 0.6) is 0 Å². The Hall–Kier alpha value is -0.580. The van der Waals surface area contributed by atoms with Crippen LogP contribution in [0.2, 0.25) is 0 Å². The van der Waals surface area contributed by atoms with Crippen LogP contribution in [0.1, 0.15) is 43.4 Å². The van der Waals surface area contributed by atoms with Crippen LogP contribution in [-0.4, -0.2) is 29.9 Å². The fraction of sp³-hybridized carbons (Fsp3) is 0.667. The van der Waals surface area contributed by atoms with E-state index >= 15 is 0 Å². The van der Waals surface area contributed by atoms with Crippen molar-refractivity contribution in [1.29, 1.82) is 0 Å². The molecule has 1 aromatic rings. The zero-order valence-corrected chi connectivity index (χ0v) is 13.6. The Labute approximate surface area is 131 Å². The van der Waals surface area contributed by atoms with Gasteiger partial charge in [0.1, 0.15) is 0 Å². The van der Waals surface area contributed by atoms with E-state index < -0.39 is 0 Å². The van der Waals surface area contributed by atoms with Gasteiger partial charge in [0.15, 0.2) is 0 Å². The minimum absolute atomic E-state index is 0. The normalized spacial score (nSPS) is 15.9. The number of aryl methyl sites for hydroxylation is 1. The molecule has 1 aliphatic heterocycles. The molecule has 1 fully saturated rings. The smallest absolute Gasteiger partial charge is 0.222 e. The number of amides is 1. The molecule has 0 aromatic carbocycles. The number of unbranched alkanes of at least 4 members (excludes halogenated alkanes) is 2. The third kappa shape index (κ3) is 5.81. The molecular weight excluding hydrogens is 292 g/mol. The second-order valence-corrected chi connectivity index (χ2v) is 6.39. The quantitative estimate of drug-likeness (QED) is 0.819. The first-order chi connectivity index (χ1) is 9.25. The summed E-state index contributed by atoms with van der Waals surface area (Å²) in [6.07, 6.45) is 7.15. The number of nitrogens with two attached hydrogens (primary N) is 1. The van der Waals surface area contributed by atoms with E-state index in [1.165, 1.54) is 11.3 Å². The van der Waals surface area contributed by atoms with Gasteiger partial charge in [0.05, 0.1) is 0 Å². The van der Waals surface area contributed by atoms with Gasteiger partial charge in [-0.05, 0) is 43.6 Å². The number of carbonyl (C=O) groups is 1. The molecule has 1 saturated heterocycles. The molecule has 1 aromatic heterocycles. The van der Waals surface area contributed by atoms with Crippen molar-refractivity contribution in [3.05, 3.63) is 22.4 Å². The number of likely N-dealkylation sites (tertiary alicyclic amines) is 1. The second kappa shape index (κ2) is 9.37. The van der Waals surface area contributed by atoms with Gasteiger partial charge in [-0.25, -0.2) is 0 Å². The molecule has 2 heterocycles. The van der Waals surface area contributed by atoms with Crippen molar-refractivity contribution in [2.24, 2.45) is 5.73 Å². The summed E-state index contributed by atoms with van der Waals surface area (Å²) in [4.78, 5) is 15.4. The number of piperidine rings is 1. The van der Waals surface area contributed by atoms with Crippen LogP contribution in [0.25, 0.3) is 0 Å². The van der Waals surface area contributed by atoms with Crippen molar-refractivity contribution < 1.29 is 4.79 Å². The number of thiophene rings is 1. The molecule has 0 atom stereocenters. The van der Waals surface area contributed by atoms with Crippen LogP contribution in [-0.2, 0) is 11.2 Å². The first-order valence-electron chi connectivity index (χ1n) is 7.31. The van der Waals surface area contributed by atoms with Crippen molar-refractivity contribution in [3.8, 4) is 0 Å². The van der Waals surface area contributed by atoms with E-state index in [-0.39, 0.29) is 12.4 Å². The summed E-state index contributed by atoms with van der Waals surface area (Å²) in [6.45, 7) is 1.71. The van der Waals surface area contributed by atoms with Gasteiger partial charge in [-0.1, -0.05) is 12.5 Å². The minimum atomic E-state index is 0. The van der Waals surface area contributed by atoms with Crippen LogP contribution in [0.4, 0.5) is 0 Å². The molecule has 114 valence electrons. The van der Waals surface area contributed by atoms with Gasteiger partial charge < -0.3 is 10.6 Å². The highest BCUT2D eigenvalue weighted by atomic mass is 35.5. The predicted octanol–water partition coefficient (Wildman–Crippen LogP) is 3.22. The fourth-order valence-corrected chi connectivity index (χ4v) is 3.27. The molecule has 0 unspecified atom stereocenters. The molecule has 1 aliphatic rings. The molecule has 2 N–H and O–H groups in total. The van der Waals surface area contributed by atoms with Gasteiger partial charge in [-0.3, -0.25) is 4.79 Å². The Morgan fingerprint density at radius 1 is 1.30 bits per heavy atom. The van der Waals surface area contributed by atoms with Gasteiger partial charge in [0.25, 0.3) is 0 Å². The van der Waals surface area contributed by atoms with Crippen molar-refractivity contribution in [2.45, 2.75) is 51.0 Å². The standard InChI is InChI=1S/C15H24N2OS.ClH/c16-13-8-10-17(11-9-13)15(18)7-3-1-2-5-14-6-4-12-19-14;/h4,6,12-13H,1-3,5,7-11,16H2;1H. The Morgan fingerprint density at radius 3 is 2.70 bits per heavy atom. The average molecular weight is 317 g/mol. The summed E-state index contributed by atoms with van der Waals surface area (Å²) in [5.74, 6) is 0.322. The van der Waals surface area contributed by atoms with E-state index in [9.17, 15) is 4.79 Å². The number of rotatable bonds is 6. The van der Waals surface area contributed by atoms with Gasteiger partial charge in [-0.2, -0.15) is 0 Å². The Morgan fingerprint density at radius 2 is 2.05 bits per heavy atom. The number of carbonyl (C=O) groups excluding carboxylic acids is 1. The number of nitrogens with zero attached hydrogens (tertiary/aromatic N) is 1. The highest BCUT2D eigenvalue weighted by Crippen LogP contribution is 2.15. The maximum absolute atomic E-state index is 12.0. The summed E-state index contributed by atoms with van der Waals surface area (Å²) < 4.78 is 0. The molecule has 2 rings (SSSR count). The van der Waals surface area contributed by atoms with E-state index in [0.29, 0.717) is 18.4 Å². The molecule has 5 heteroatoms. The molecule has 0 spiro atoms. The SMILES string of the molecule is Cl.NC1CCN(C(=O)CCCCCc2cccs2)CC1. The van der Waals surface area contributed by atoms with Crippen molar-refractivity contribution in [3.63, 3.8) is 0 Å². The highest BCUT2D eigenvalue weighted by Gasteiger charge is 2.19. The van der Waals surface area contributed by atoms with E-state index in [2.05, 4.69) is 17.5 Å². The first-order valence-corrected chi connectivity index (χ1v) is 8.19. The second-order valence-electron chi connectivity index (χ2n) is 5.36. The number of hydrogen-bond acceptors (Lipinski definition) is 3. The van der Waals surface area contributed by atoms with E-state index in [4.69, 9.17) is 5.73 Å².